The standard InChI is InChI=1S/C16H15N3O2S/c1-3-8-22-13-7-5-4-6-12(13)19-10-11(9-17)14(18)15(19)16(20)21-2/h3-7,10H,1,8,18H2,2H3. The first kappa shape index (κ1) is 15.7. The van der Waals surface area contributed by atoms with Gasteiger partial charge in [0.1, 0.15) is 6.07 Å². The molecule has 0 aliphatic heterocycles. The van der Waals surface area contributed by atoms with E-state index in [1.807, 2.05) is 30.3 Å². The van der Waals surface area contributed by atoms with Crippen LogP contribution in [0.15, 0.2) is 48.0 Å². The molecular weight excluding hydrogens is 298 g/mol. The molecule has 0 radical (unpaired) electrons. The molecule has 6 heteroatoms. The number of carbonyl (C=O) groups is 1. The van der Waals surface area contributed by atoms with E-state index in [2.05, 4.69) is 6.58 Å². The number of nitrogens with two attached hydrogens (primary N) is 1. The van der Waals surface area contributed by atoms with Crippen molar-refractivity contribution in [1.29, 1.82) is 5.26 Å². The van der Waals surface area contributed by atoms with Gasteiger partial charge >= 0.3 is 5.97 Å². The summed E-state index contributed by atoms with van der Waals surface area (Å²) in [7, 11) is 1.28. The molecule has 0 atom stereocenters. The number of ether oxygens (including phenoxy) is 1. The van der Waals surface area contributed by atoms with Gasteiger partial charge in [-0.05, 0) is 12.1 Å². The smallest absolute Gasteiger partial charge is 0.357 e. The van der Waals surface area contributed by atoms with E-state index >= 15 is 0 Å². The van der Waals surface area contributed by atoms with Crippen LogP contribution in [0.5, 0.6) is 0 Å². The number of benzene rings is 1. The second kappa shape index (κ2) is 6.87. The summed E-state index contributed by atoms with van der Waals surface area (Å²) in [6.45, 7) is 3.70. The summed E-state index contributed by atoms with van der Waals surface area (Å²) >= 11 is 1.58. The molecule has 0 aliphatic carbocycles. The summed E-state index contributed by atoms with van der Waals surface area (Å²) in [5, 5.41) is 9.15. The average Bonchev–Trinajstić information content (AvgIpc) is 2.89. The summed E-state index contributed by atoms with van der Waals surface area (Å²) in [5.41, 5.74) is 7.20. The minimum absolute atomic E-state index is 0.123. The lowest BCUT2D eigenvalue weighted by Gasteiger charge is -2.12. The van der Waals surface area contributed by atoms with E-state index in [1.54, 1.807) is 28.6 Å². The zero-order valence-corrected chi connectivity index (χ0v) is 12.9. The Morgan fingerprint density at radius 1 is 1.55 bits per heavy atom. The number of thioether (sulfide) groups is 1. The van der Waals surface area contributed by atoms with Crippen LogP contribution in [-0.4, -0.2) is 23.4 Å². The van der Waals surface area contributed by atoms with Gasteiger partial charge < -0.3 is 15.0 Å². The number of methoxy groups -OCH3 is 1. The van der Waals surface area contributed by atoms with Gasteiger partial charge in [-0.1, -0.05) is 18.2 Å². The molecule has 1 aromatic heterocycles. The number of nitrogen functional groups attached to an aromatic ring is 1. The lowest BCUT2D eigenvalue weighted by Crippen LogP contribution is -2.11. The Balaban J connectivity index is 2.65. The lowest BCUT2D eigenvalue weighted by molar-refractivity contribution is 0.0593. The molecule has 0 unspecified atom stereocenters. The van der Waals surface area contributed by atoms with Crippen LogP contribution >= 0.6 is 11.8 Å². The maximum atomic E-state index is 12.0. The fourth-order valence-electron chi connectivity index (χ4n) is 2.03. The molecule has 2 aromatic rings. The van der Waals surface area contributed by atoms with Gasteiger partial charge in [-0.2, -0.15) is 5.26 Å². The van der Waals surface area contributed by atoms with Crippen LogP contribution in [0, 0.1) is 11.3 Å². The largest absolute Gasteiger partial charge is 0.464 e. The highest BCUT2D eigenvalue weighted by atomic mass is 32.2. The number of hydrogen-bond acceptors (Lipinski definition) is 5. The second-order valence-electron chi connectivity index (χ2n) is 4.35. The fourth-order valence-corrected chi connectivity index (χ4v) is 2.82. The molecular formula is C16H15N3O2S. The van der Waals surface area contributed by atoms with Crippen molar-refractivity contribution >= 4 is 23.4 Å². The Morgan fingerprint density at radius 2 is 2.27 bits per heavy atom. The number of para-hydroxylation sites is 1. The molecule has 0 fully saturated rings. The molecule has 0 saturated carbocycles. The van der Waals surface area contributed by atoms with Crippen molar-refractivity contribution < 1.29 is 9.53 Å². The quantitative estimate of drug-likeness (QED) is 0.521. The van der Waals surface area contributed by atoms with Gasteiger partial charge in [0.2, 0.25) is 0 Å². The van der Waals surface area contributed by atoms with E-state index in [-0.39, 0.29) is 16.9 Å². The number of aromatic nitrogens is 1. The van der Waals surface area contributed by atoms with E-state index in [0.29, 0.717) is 0 Å². The Morgan fingerprint density at radius 3 is 2.91 bits per heavy atom. The number of anilines is 1. The topological polar surface area (TPSA) is 81.0 Å². The highest BCUT2D eigenvalue weighted by molar-refractivity contribution is 7.99. The molecule has 1 heterocycles. The van der Waals surface area contributed by atoms with Gasteiger partial charge in [-0.3, -0.25) is 0 Å². The third-order valence-corrected chi connectivity index (χ3v) is 4.08. The van der Waals surface area contributed by atoms with Crippen molar-refractivity contribution in [3.8, 4) is 11.8 Å². The Kier molecular flexibility index (Phi) is 4.92. The maximum Gasteiger partial charge on any atom is 0.357 e. The normalized spacial score (nSPS) is 10.0. The van der Waals surface area contributed by atoms with Gasteiger partial charge in [0, 0.05) is 16.8 Å². The predicted octanol–water partition coefficient (Wildman–Crippen LogP) is 3.00. The Hall–Kier alpha value is -2.65. The van der Waals surface area contributed by atoms with Gasteiger partial charge in [0.05, 0.1) is 24.0 Å². The van der Waals surface area contributed by atoms with Gasteiger partial charge in [-0.25, -0.2) is 4.79 Å². The monoisotopic (exact) mass is 313 g/mol. The second-order valence-corrected chi connectivity index (χ2v) is 5.41. The molecule has 0 spiro atoms. The van der Waals surface area contributed by atoms with Gasteiger partial charge in [0.15, 0.2) is 5.69 Å². The number of nitriles is 1. The first-order valence-electron chi connectivity index (χ1n) is 6.46. The van der Waals surface area contributed by atoms with Gasteiger partial charge in [-0.15, -0.1) is 18.3 Å². The molecule has 1 aromatic carbocycles. The van der Waals surface area contributed by atoms with Crippen LogP contribution in [0.1, 0.15) is 16.1 Å². The summed E-state index contributed by atoms with van der Waals surface area (Å²) in [6.07, 6.45) is 3.35. The highest BCUT2D eigenvalue weighted by Gasteiger charge is 2.22. The van der Waals surface area contributed by atoms with Crippen molar-refractivity contribution in [3.63, 3.8) is 0 Å². The van der Waals surface area contributed by atoms with E-state index < -0.39 is 5.97 Å². The molecule has 22 heavy (non-hydrogen) atoms. The molecule has 0 bridgehead atoms. The number of esters is 1. The molecule has 0 aliphatic rings. The zero-order chi connectivity index (χ0) is 16.1. The highest BCUT2D eigenvalue weighted by Crippen LogP contribution is 2.31. The van der Waals surface area contributed by atoms with Crippen LogP contribution in [-0.2, 0) is 4.74 Å². The van der Waals surface area contributed by atoms with Gasteiger partial charge in [0.25, 0.3) is 0 Å². The van der Waals surface area contributed by atoms with Crippen molar-refractivity contribution in [2.75, 3.05) is 18.6 Å². The van der Waals surface area contributed by atoms with E-state index in [1.165, 1.54) is 7.11 Å². The van der Waals surface area contributed by atoms with E-state index in [4.69, 9.17) is 15.7 Å². The number of hydrogen-bond donors (Lipinski definition) is 1. The van der Waals surface area contributed by atoms with Crippen molar-refractivity contribution in [3.05, 3.63) is 54.4 Å². The van der Waals surface area contributed by atoms with Crippen molar-refractivity contribution in [2.24, 2.45) is 0 Å². The minimum atomic E-state index is -0.581. The summed E-state index contributed by atoms with van der Waals surface area (Å²) in [4.78, 5) is 13.0. The fraction of sp³-hybridized carbons (Fsp3) is 0.125. The Bertz CT molecular complexity index is 759. The first-order valence-corrected chi connectivity index (χ1v) is 7.45. The third-order valence-electron chi connectivity index (χ3n) is 3.03. The number of carbonyl (C=O) groups excluding carboxylic acids is 1. The van der Waals surface area contributed by atoms with Crippen molar-refractivity contribution in [1.82, 2.24) is 4.57 Å². The summed E-state index contributed by atoms with van der Waals surface area (Å²) in [6, 6.07) is 9.55. The SMILES string of the molecule is C=CCSc1ccccc1-n1cc(C#N)c(N)c1C(=O)OC. The first-order chi connectivity index (χ1) is 10.6. The van der Waals surface area contributed by atoms with E-state index in [0.717, 1.165) is 16.3 Å². The molecule has 112 valence electrons. The minimum Gasteiger partial charge on any atom is -0.464 e. The van der Waals surface area contributed by atoms with Crippen LogP contribution in [0.4, 0.5) is 5.69 Å². The molecule has 0 amide bonds. The lowest BCUT2D eigenvalue weighted by atomic mass is 10.2. The van der Waals surface area contributed by atoms with Crippen LogP contribution in [0.2, 0.25) is 0 Å². The number of nitrogens with zero attached hydrogens (tertiary/aromatic N) is 2. The Labute approximate surface area is 133 Å². The third kappa shape index (κ3) is 2.85. The molecule has 2 N–H and O–H groups in total. The zero-order valence-electron chi connectivity index (χ0n) is 12.1. The molecule has 2 rings (SSSR count). The maximum absolute atomic E-state index is 12.0. The molecule has 5 nitrogen and oxygen atoms in total. The van der Waals surface area contributed by atoms with Crippen LogP contribution in [0.3, 0.4) is 0 Å². The molecule has 0 saturated heterocycles. The summed E-state index contributed by atoms with van der Waals surface area (Å²) < 4.78 is 6.39. The van der Waals surface area contributed by atoms with Crippen LogP contribution in [0.25, 0.3) is 5.69 Å². The average molecular weight is 313 g/mol. The number of rotatable bonds is 5. The van der Waals surface area contributed by atoms with Crippen molar-refractivity contribution in [2.45, 2.75) is 4.90 Å². The predicted molar refractivity (Wildman–Crippen MR) is 87.2 cm³/mol. The van der Waals surface area contributed by atoms with Crippen LogP contribution < -0.4 is 5.73 Å². The summed E-state index contributed by atoms with van der Waals surface area (Å²) in [5.74, 6) is 0.148. The van der Waals surface area contributed by atoms with E-state index in [9.17, 15) is 4.79 Å².